The minimum atomic E-state index is -0.744. The minimum absolute atomic E-state index is 0.192. The van der Waals surface area contributed by atoms with Crippen molar-refractivity contribution >= 4 is 51.4 Å². The highest BCUT2D eigenvalue weighted by Gasteiger charge is 2.50. The molecule has 19 heavy (non-hydrogen) atoms. The summed E-state index contributed by atoms with van der Waals surface area (Å²) in [6.45, 7) is 2.06. The Morgan fingerprint density at radius 1 is 1.58 bits per heavy atom. The molecule has 0 unspecified atom stereocenters. The van der Waals surface area contributed by atoms with E-state index in [2.05, 4.69) is 12.2 Å². The predicted molar refractivity (Wildman–Crippen MR) is 85.4 cm³/mol. The van der Waals surface area contributed by atoms with Crippen LogP contribution in [0.15, 0.2) is 18.2 Å². The van der Waals surface area contributed by atoms with Crippen molar-refractivity contribution < 1.29 is 9.18 Å². The lowest BCUT2D eigenvalue weighted by Crippen LogP contribution is -2.53. The SMILES string of the molecule is CC1CC(C(=O)Nc2ccc(F)cc2I)(C(N)=S)C1. The highest BCUT2D eigenvalue weighted by molar-refractivity contribution is 14.1. The summed E-state index contributed by atoms with van der Waals surface area (Å²) in [5.74, 6) is -0.0779. The molecule has 6 heteroatoms. The van der Waals surface area contributed by atoms with E-state index in [1.165, 1.54) is 12.1 Å². The second kappa shape index (κ2) is 5.32. The molecule has 102 valence electrons. The van der Waals surface area contributed by atoms with E-state index in [1.807, 2.05) is 22.6 Å². The molecular weight excluding hydrogens is 378 g/mol. The van der Waals surface area contributed by atoms with E-state index in [4.69, 9.17) is 18.0 Å². The fourth-order valence-electron chi connectivity index (χ4n) is 2.46. The van der Waals surface area contributed by atoms with E-state index in [-0.39, 0.29) is 16.7 Å². The maximum atomic E-state index is 13.0. The van der Waals surface area contributed by atoms with Crippen LogP contribution in [0, 0.1) is 20.7 Å². The summed E-state index contributed by atoms with van der Waals surface area (Å²) in [6, 6.07) is 4.23. The number of nitrogens with two attached hydrogens (primary N) is 1. The van der Waals surface area contributed by atoms with Gasteiger partial charge in [-0.1, -0.05) is 19.1 Å². The molecule has 1 aliphatic carbocycles. The number of thiocarbonyl (C=S) groups is 1. The van der Waals surface area contributed by atoms with Crippen molar-refractivity contribution in [3.8, 4) is 0 Å². The van der Waals surface area contributed by atoms with Gasteiger partial charge in [0.25, 0.3) is 0 Å². The van der Waals surface area contributed by atoms with Crippen LogP contribution in [0.2, 0.25) is 0 Å². The fraction of sp³-hybridized carbons (Fsp3) is 0.385. The normalized spacial score (nSPS) is 25.5. The van der Waals surface area contributed by atoms with Gasteiger partial charge in [0.05, 0.1) is 16.1 Å². The lowest BCUT2D eigenvalue weighted by Gasteiger charge is -2.44. The Bertz CT molecular complexity index is 543. The summed E-state index contributed by atoms with van der Waals surface area (Å²) in [5.41, 5.74) is 5.56. The Labute approximate surface area is 130 Å². The van der Waals surface area contributed by atoms with Crippen LogP contribution in [0.5, 0.6) is 0 Å². The van der Waals surface area contributed by atoms with Gasteiger partial charge in [-0.25, -0.2) is 4.39 Å². The molecule has 0 aliphatic heterocycles. The molecule has 0 atom stereocenters. The van der Waals surface area contributed by atoms with Gasteiger partial charge in [0, 0.05) is 3.57 Å². The summed E-state index contributed by atoms with van der Waals surface area (Å²) in [6.07, 6.45) is 1.35. The molecule has 1 aliphatic rings. The fourth-order valence-corrected chi connectivity index (χ4v) is 3.33. The molecule has 3 N–H and O–H groups in total. The highest BCUT2D eigenvalue weighted by Crippen LogP contribution is 2.46. The molecule has 0 bridgehead atoms. The zero-order valence-electron chi connectivity index (χ0n) is 10.4. The van der Waals surface area contributed by atoms with Crippen LogP contribution >= 0.6 is 34.8 Å². The first-order chi connectivity index (χ1) is 8.85. The van der Waals surface area contributed by atoms with Crippen LogP contribution < -0.4 is 11.1 Å². The van der Waals surface area contributed by atoms with E-state index in [0.717, 1.165) is 0 Å². The van der Waals surface area contributed by atoms with Gasteiger partial charge >= 0.3 is 0 Å². The molecule has 0 aromatic heterocycles. The lowest BCUT2D eigenvalue weighted by atomic mass is 9.62. The van der Waals surface area contributed by atoms with Gasteiger partial charge in [-0.3, -0.25) is 4.79 Å². The Morgan fingerprint density at radius 2 is 2.21 bits per heavy atom. The molecule has 0 spiro atoms. The molecule has 1 aromatic carbocycles. The standard InChI is InChI=1S/C13H14FIN2OS/c1-7-5-13(6-7,11(16)19)12(18)17-10-3-2-8(14)4-9(10)15/h2-4,7H,5-6H2,1H3,(H2,16,19)(H,17,18). The van der Waals surface area contributed by atoms with Gasteiger partial charge in [-0.2, -0.15) is 0 Å². The molecule has 1 fully saturated rings. The Kier molecular flexibility index (Phi) is 4.10. The first-order valence-corrected chi connectivity index (χ1v) is 7.40. The molecule has 0 heterocycles. The molecule has 3 nitrogen and oxygen atoms in total. The van der Waals surface area contributed by atoms with Crippen LogP contribution in [0.4, 0.5) is 10.1 Å². The molecule has 2 rings (SSSR count). The summed E-state index contributed by atoms with van der Waals surface area (Å²) < 4.78 is 13.7. The van der Waals surface area contributed by atoms with Gasteiger partial charge in [0.1, 0.15) is 5.82 Å². The number of hydrogen-bond donors (Lipinski definition) is 2. The number of carbonyl (C=O) groups excluding carboxylic acids is 1. The van der Waals surface area contributed by atoms with E-state index in [9.17, 15) is 9.18 Å². The number of amides is 1. The van der Waals surface area contributed by atoms with E-state index in [0.29, 0.717) is 28.0 Å². The van der Waals surface area contributed by atoms with E-state index >= 15 is 0 Å². The topological polar surface area (TPSA) is 55.1 Å². The zero-order valence-corrected chi connectivity index (χ0v) is 13.3. The highest BCUT2D eigenvalue weighted by atomic mass is 127. The molecule has 1 amide bonds. The Balaban J connectivity index is 2.19. The van der Waals surface area contributed by atoms with Crippen molar-refractivity contribution in [3.63, 3.8) is 0 Å². The van der Waals surface area contributed by atoms with Crippen molar-refractivity contribution in [1.29, 1.82) is 0 Å². The average Bonchev–Trinajstić information content (AvgIpc) is 2.27. The van der Waals surface area contributed by atoms with Gasteiger partial charge in [-0.15, -0.1) is 0 Å². The monoisotopic (exact) mass is 392 g/mol. The summed E-state index contributed by atoms with van der Waals surface area (Å²) in [7, 11) is 0. The lowest BCUT2D eigenvalue weighted by molar-refractivity contribution is -0.127. The number of rotatable bonds is 3. The smallest absolute Gasteiger partial charge is 0.237 e. The van der Waals surface area contributed by atoms with Crippen molar-refractivity contribution in [2.45, 2.75) is 19.8 Å². The van der Waals surface area contributed by atoms with Crippen LogP contribution in [0.1, 0.15) is 19.8 Å². The number of carbonyl (C=O) groups is 1. The third kappa shape index (κ3) is 2.74. The van der Waals surface area contributed by atoms with E-state index in [1.54, 1.807) is 6.07 Å². The van der Waals surface area contributed by atoms with Crippen molar-refractivity contribution in [2.24, 2.45) is 17.1 Å². The van der Waals surface area contributed by atoms with Crippen molar-refractivity contribution in [3.05, 3.63) is 27.6 Å². The molecule has 0 saturated heterocycles. The maximum Gasteiger partial charge on any atom is 0.237 e. The zero-order chi connectivity index (χ0) is 14.2. The third-order valence-corrected chi connectivity index (χ3v) is 4.76. The summed E-state index contributed by atoms with van der Waals surface area (Å²) in [4.78, 5) is 12.6. The van der Waals surface area contributed by atoms with Crippen LogP contribution in [0.25, 0.3) is 0 Å². The first-order valence-electron chi connectivity index (χ1n) is 5.91. The third-order valence-electron chi connectivity index (χ3n) is 3.48. The molecular formula is C13H14FIN2OS. The van der Waals surface area contributed by atoms with E-state index < -0.39 is 5.41 Å². The number of benzene rings is 1. The largest absolute Gasteiger partial charge is 0.392 e. The number of anilines is 1. The average molecular weight is 392 g/mol. The number of nitrogens with one attached hydrogen (secondary N) is 1. The van der Waals surface area contributed by atoms with Crippen LogP contribution in [0.3, 0.4) is 0 Å². The number of hydrogen-bond acceptors (Lipinski definition) is 2. The van der Waals surface area contributed by atoms with Gasteiger partial charge in [0.15, 0.2) is 0 Å². The first kappa shape index (κ1) is 14.6. The summed E-state index contributed by atoms with van der Waals surface area (Å²) in [5, 5.41) is 2.80. The second-order valence-corrected chi connectivity index (χ2v) is 6.64. The maximum absolute atomic E-state index is 13.0. The molecule has 0 radical (unpaired) electrons. The minimum Gasteiger partial charge on any atom is -0.392 e. The summed E-state index contributed by atoms with van der Waals surface area (Å²) >= 11 is 7.02. The van der Waals surface area contributed by atoms with Crippen molar-refractivity contribution in [2.75, 3.05) is 5.32 Å². The Hall–Kier alpha value is -0.760. The van der Waals surface area contributed by atoms with Crippen molar-refractivity contribution in [1.82, 2.24) is 0 Å². The van der Waals surface area contributed by atoms with Gasteiger partial charge < -0.3 is 11.1 Å². The predicted octanol–water partition coefficient (Wildman–Crippen LogP) is 3.07. The quantitative estimate of drug-likeness (QED) is 0.614. The second-order valence-electron chi connectivity index (χ2n) is 5.04. The van der Waals surface area contributed by atoms with Gasteiger partial charge in [-0.05, 0) is 59.5 Å². The van der Waals surface area contributed by atoms with Gasteiger partial charge in [0.2, 0.25) is 5.91 Å². The molecule has 1 saturated carbocycles. The van der Waals surface area contributed by atoms with Crippen LogP contribution in [-0.4, -0.2) is 10.9 Å². The van der Waals surface area contributed by atoms with Crippen LogP contribution in [-0.2, 0) is 4.79 Å². The Morgan fingerprint density at radius 3 is 2.68 bits per heavy atom. The molecule has 1 aromatic rings. The number of halogens is 2.